The molecule has 3 heterocycles. The average molecular weight is 521 g/mol. The number of aromatic nitrogens is 4. The van der Waals surface area contributed by atoms with E-state index in [1.807, 2.05) is 0 Å². The van der Waals surface area contributed by atoms with Gasteiger partial charge in [-0.2, -0.15) is 0 Å². The predicted molar refractivity (Wildman–Crippen MR) is 136 cm³/mol. The molecule has 2 aromatic carbocycles. The van der Waals surface area contributed by atoms with Crippen LogP contribution in [0.15, 0.2) is 51.8 Å². The van der Waals surface area contributed by atoms with Crippen molar-refractivity contribution in [1.82, 2.24) is 20.2 Å². The van der Waals surface area contributed by atoms with Crippen molar-refractivity contribution < 1.29 is 28.7 Å². The molecule has 11 heteroatoms. The van der Waals surface area contributed by atoms with Gasteiger partial charge in [0.15, 0.2) is 17.1 Å². The molecule has 0 spiro atoms. The van der Waals surface area contributed by atoms with E-state index in [2.05, 4.69) is 15.5 Å². The van der Waals surface area contributed by atoms with Gasteiger partial charge >= 0.3 is 5.97 Å². The summed E-state index contributed by atoms with van der Waals surface area (Å²) in [7, 11) is 0. The molecule has 11 nitrogen and oxygen atoms in total. The third-order valence-electron chi connectivity index (χ3n) is 6.94. The highest BCUT2D eigenvalue weighted by atomic mass is 16.5. The Morgan fingerprint density at radius 2 is 1.95 bits per heavy atom. The van der Waals surface area contributed by atoms with Gasteiger partial charge in [0.1, 0.15) is 11.3 Å². The number of hydrogen-bond acceptors (Lipinski definition) is 9. The number of carbonyl (C=O) groups excluding carboxylic acids is 1. The zero-order chi connectivity index (χ0) is 26.5. The third-order valence-corrected chi connectivity index (χ3v) is 6.94. The fraction of sp³-hybridized carbons (Fsp3) is 0.407. The van der Waals surface area contributed by atoms with Gasteiger partial charge in [0.25, 0.3) is 5.56 Å². The first kappa shape index (κ1) is 25.5. The smallest absolute Gasteiger partial charge is 0.307 e. The molecule has 198 valence electrons. The van der Waals surface area contributed by atoms with Crippen LogP contribution in [0.3, 0.4) is 0 Å². The van der Waals surface area contributed by atoms with Crippen LogP contribution in [0.25, 0.3) is 21.9 Å². The number of fused-ring (bicyclic) bond motifs is 2. The van der Waals surface area contributed by atoms with Crippen LogP contribution in [0.2, 0.25) is 0 Å². The lowest BCUT2D eigenvalue weighted by Gasteiger charge is -2.21. The third kappa shape index (κ3) is 5.72. The van der Waals surface area contributed by atoms with Gasteiger partial charge in [-0.1, -0.05) is 22.5 Å². The number of carboxylic acid groups (broad SMARTS) is 1. The number of aliphatic carboxylic acids is 1. The standard InChI is InChI=1S/C27H28N4O7/c32-23(15-18(27(34)35)7-11-31-26(33)20-3-1-2-4-22(20)28-30-31)25-21-6-5-19(16-24(21)38-29-25)37-14-10-17-8-12-36-13-9-17/h1-6,16-18H,7-15H2,(H,34,35). The molecule has 2 aromatic heterocycles. The Morgan fingerprint density at radius 1 is 1.13 bits per heavy atom. The van der Waals surface area contributed by atoms with Crippen LogP contribution in [-0.2, 0) is 16.1 Å². The highest BCUT2D eigenvalue weighted by Crippen LogP contribution is 2.27. The van der Waals surface area contributed by atoms with E-state index < -0.39 is 17.7 Å². The maximum atomic E-state index is 13.0. The second-order valence-corrected chi connectivity index (χ2v) is 9.47. The van der Waals surface area contributed by atoms with Gasteiger partial charge in [-0.3, -0.25) is 14.4 Å². The maximum absolute atomic E-state index is 13.0. The number of carboxylic acids is 1. The van der Waals surface area contributed by atoms with Crippen molar-refractivity contribution in [3.05, 3.63) is 58.5 Å². The second kappa shape index (κ2) is 11.5. The minimum atomic E-state index is -1.15. The van der Waals surface area contributed by atoms with Crippen molar-refractivity contribution >= 4 is 33.6 Å². The first-order valence-corrected chi connectivity index (χ1v) is 12.7. The summed E-state index contributed by atoms with van der Waals surface area (Å²) in [6.07, 6.45) is 2.75. The molecule has 0 bridgehead atoms. The predicted octanol–water partition coefficient (Wildman–Crippen LogP) is 3.49. The number of ketones is 1. The van der Waals surface area contributed by atoms with Crippen LogP contribution in [-0.4, -0.2) is 56.8 Å². The number of ether oxygens (including phenoxy) is 2. The normalized spacial score (nSPS) is 15.1. The first-order valence-electron chi connectivity index (χ1n) is 12.7. The molecule has 0 amide bonds. The SMILES string of the molecule is O=C(CC(CCn1nnc2ccccc2c1=O)C(=O)O)c1noc2cc(OCCC3CCOCC3)ccc12. The van der Waals surface area contributed by atoms with Crippen LogP contribution in [0.4, 0.5) is 0 Å². The van der Waals surface area contributed by atoms with Crippen LogP contribution in [0.1, 0.15) is 42.6 Å². The van der Waals surface area contributed by atoms with Crippen LogP contribution in [0, 0.1) is 11.8 Å². The van der Waals surface area contributed by atoms with Gasteiger partial charge in [-0.25, -0.2) is 4.68 Å². The lowest BCUT2D eigenvalue weighted by Crippen LogP contribution is -2.27. The van der Waals surface area contributed by atoms with Crippen LogP contribution < -0.4 is 10.3 Å². The number of carbonyl (C=O) groups is 2. The van der Waals surface area contributed by atoms with Gasteiger partial charge in [-0.05, 0) is 55.9 Å². The number of aryl methyl sites for hydroxylation is 1. The molecule has 38 heavy (non-hydrogen) atoms. The largest absolute Gasteiger partial charge is 0.493 e. The van der Waals surface area contributed by atoms with E-state index in [0.29, 0.717) is 40.1 Å². The first-order chi connectivity index (χ1) is 18.5. The molecule has 1 unspecified atom stereocenters. The van der Waals surface area contributed by atoms with E-state index in [1.165, 1.54) is 0 Å². The summed E-state index contributed by atoms with van der Waals surface area (Å²) in [5.41, 5.74) is 0.563. The van der Waals surface area contributed by atoms with Gasteiger partial charge in [-0.15, -0.1) is 5.10 Å². The highest BCUT2D eigenvalue weighted by Gasteiger charge is 2.26. The number of rotatable bonds is 11. The minimum Gasteiger partial charge on any atom is -0.493 e. The molecule has 1 atom stereocenters. The lowest BCUT2D eigenvalue weighted by molar-refractivity contribution is -0.142. The molecule has 4 aromatic rings. The number of hydrogen-bond donors (Lipinski definition) is 1. The Bertz CT molecular complexity index is 1510. The van der Waals surface area contributed by atoms with Crippen molar-refractivity contribution in [2.45, 2.75) is 38.6 Å². The molecule has 5 rings (SSSR count). The van der Waals surface area contributed by atoms with Gasteiger partial charge in [0.05, 0.1) is 23.3 Å². The van der Waals surface area contributed by atoms with E-state index in [9.17, 15) is 19.5 Å². The molecule has 0 saturated carbocycles. The monoisotopic (exact) mass is 520 g/mol. The summed E-state index contributed by atoms with van der Waals surface area (Å²) in [6.45, 7) is 2.17. The van der Waals surface area contributed by atoms with E-state index in [-0.39, 0.29) is 30.6 Å². The maximum Gasteiger partial charge on any atom is 0.307 e. The number of nitrogens with zero attached hydrogens (tertiary/aromatic N) is 4. The van der Waals surface area contributed by atoms with E-state index in [0.717, 1.165) is 37.2 Å². The lowest BCUT2D eigenvalue weighted by atomic mass is 9.96. The summed E-state index contributed by atoms with van der Waals surface area (Å²) < 4.78 is 17.7. The Kier molecular flexibility index (Phi) is 7.73. The van der Waals surface area contributed by atoms with Crippen molar-refractivity contribution in [2.75, 3.05) is 19.8 Å². The molecular weight excluding hydrogens is 492 g/mol. The van der Waals surface area contributed by atoms with Crippen LogP contribution >= 0.6 is 0 Å². The Labute approximate surface area is 217 Å². The van der Waals surface area contributed by atoms with Crippen LogP contribution in [0.5, 0.6) is 5.75 Å². The fourth-order valence-corrected chi connectivity index (χ4v) is 4.67. The molecule has 0 radical (unpaired) electrons. The average Bonchev–Trinajstić information content (AvgIpc) is 3.36. The van der Waals surface area contributed by atoms with Crippen molar-refractivity contribution in [1.29, 1.82) is 0 Å². The van der Waals surface area contributed by atoms with Crippen molar-refractivity contribution in [2.24, 2.45) is 11.8 Å². The Hall–Kier alpha value is -4.12. The number of benzene rings is 2. The molecule has 1 aliphatic heterocycles. The topological polar surface area (TPSA) is 147 Å². The molecule has 1 fully saturated rings. The van der Waals surface area contributed by atoms with Gasteiger partial charge in [0.2, 0.25) is 0 Å². The van der Waals surface area contributed by atoms with E-state index in [4.69, 9.17) is 14.0 Å². The molecular formula is C27H28N4O7. The van der Waals surface area contributed by atoms with E-state index >= 15 is 0 Å². The fourth-order valence-electron chi connectivity index (χ4n) is 4.67. The molecule has 1 aliphatic rings. The molecule has 0 aliphatic carbocycles. The Balaban J connectivity index is 1.21. The quantitative estimate of drug-likeness (QED) is 0.291. The summed E-state index contributed by atoms with van der Waals surface area (Å²) in [4.78, 5) is 37.5. The highest BCUT2D eigenvalue weighted by molar-refractivity contribution is 6.06. The summed E-state index contributed by atoms with van der Waals surface area (Å²) in [5, 5.41) is 22.4. The van der Waals surface area contributed by atoms with Crippen molar-refractivity contribution in [3.8, 4) is 5.75 Å². The second-order valence-electron chi connectivity index (χ2n) is 9.47. The molecule has 1 saturated heterocycles. The van der Waals surface area contributed by atoms with Crippen molar-refractivity contribution in [3.63, 3.8) is 0 Å². The van der Waals surface area contributed by atoms with Gasteiger partial charge in [0, 0.05) is 32.2 Å². The number of Topliss-reactive ketones (excluding diaryl/α,β-unsaturated/α-hetero) is 1. The minimum absolute atomic E-state index is 0.00899. The molecule has 1 N–H and O–H groups in total. The zero-order valence-electron chi connectivity index (χ0n) is 20.7. The van der Waals surface area contributed by atoms with Gasteiger partial charge < -0.3 is 19.1 Å². The van der Waals surface area contributed by atoms with E-state index in [1.54, 1.807) is 42.5 Å². The summed E-state index contributed by atoms with van der Waals surface area (Å²) >= 11 is 0. The zero-order valence-corrected chi connectivity index (χ0v) is 20.7. The summed E-state index contributed by atoms with van der Waals surface area (Å²) in [6, 6.07) is 11.9. The summed E-state index contributed by atoms with van der Waals surface area (Å²) in [5.74, 6) is -1.43. The Morgan fingerprint density at radius 3 is 2.76 bits per heavy atom.